The molecule has 0 bridgehead atoms. The highest BCUT2D eigenvalue weighted by Crippen LogP contribution is 2.27. The van der Waals surface area contributed by atoms with Gasteiger partial charge in [0.15, 0.2) is 5.15 Å². The normalized spacial score (nSPS) is 10.3. The first-order valence-electron chi connectivity index (χ1n) is 5.10. The lowest BCUT2D eigenvalue weighted by atomic mass is 10.3. The maximum atomic E-state index is 9.10. The van der Waals surface area contributed by atoms with Crippen molar-refractivity contribution in [2.45, 2.75) is 6.61 Å². The number of nitriles is 1. The molecule has 0 N–H and O–H groups in total. The predicted octanol–water partition coefficient (Wildman–Crippen LogP) is 3.31. The van der Waals surface area contributed by atoms with Crippen molar-refractivity contribution in [3.8, 4) is 11.8 Å². The molecule has 0 saturated heterocycles. The van der Waals surface area contributed by atoms with Crippen LogP contribution in [0.3, 0.4) is 0 Å². The van der Waals surface area contributed by atoms with E-state index in [0.717, 1.165) is 10.2 Å². The van der Waals surface area contributed by atoms with E-state index < -0.39 is 0 Å². The van der Waals surface area contributed by atoms with E-state index in [4.69, 9.17) is 21.6 Å². The molecule has 0 aliphatic rings. The minimum absolute atomic E-state index is 0.250. The van der Waals surface area contributed by atoms with E-state index in [2.05, 4.69) is 21.0 Å². The zero-order valence-electron chi connectivity index (χ0n) is 9.52. The maximum Gasteiger partial charge on any atom is 0.151 e. The van der Waals surface area contributed by atoms with Crippen molar-refractivity contribution in [1.82, 2.24) is 9.78 Å². The topological polar surface area (TPSA) is 50.8 Å². The predicted molar refractivity (Wildman–Crippen MR) is 71.7 cm³/mol. The summed E-state index contributed by atoms with van der Waals surface area (Å²) in [5.74, 6) is 0. The summed E-state index contributed by atoms with van der Waals surface area (Å²) in [6.45, 7) is 0.250. The fourth-order valence-corrected chi connectivity index (χ4v) is 2.30. The molecular formula is C12H9BrClN3O. The third kappa shape index (κ3) is 2.27. The molecular weight excluding hydrogens is 318 g/mol. The van der Waals surface area contributed by atoms with E-state index in [1.807, 2.05) is 30.3 Å². The first-order chi connectivity index (χ1) is 8.69. The molecule has 4 nitrogen and oxygen atoms in total. The number of benzene rings is 1. The third-order valence-corrected chi connectivity index (χ3v) is 3.39. The Hall–Kier alpha value is -1.35. The Balaban J connectivity index is 2.60. The molecule has 0 saturated carbocycles. The summed E-state index contributed by atoms with van der Waals surface area (Å²) in [6.07, 6.45) is 0. The van der Waals surface area contributed by atoms with Crippen LogP contribution in [0.15, 0.2) is 28.7 Å². The second-order valence-corrected chi connectivity index (χ2v) is 4.73. The van der Waals surface area contributed by atoms with Crippen LogP contribution in [0.4, 0.5) is 0 Å². The van der Waals surface area contributed by atoms with Gasteiger partial charge in [0.2, 0.25) is 0 Å². The van der Waals surface area contributed by atoms with Crippen LogP contribution in [0.2, 0.25) is 5.15 Å². The number of rotatable bonds is 3. The second-order valence-electron chi connectivity index (χ2n) is 3.52. The lowest BCUT2D eigenvalue weighted by Gasteiger charge is -2.04. The molecule has 0 unspecified atom stereocenters. The standard InChI is InChI=1S/C12H9BrClN3O/c1-18-7-10-8(6-15)12(14)17(16-10)11-5-3-2-4-9(11)13/h2-5H,7H2,1H3. The quantitative estimate of drug-likeness (QED) is 0.869. The van der Waals surface area contributed by atoms with Crippen molar-refractivity contribution in [3.63, 3.8) is 0 Å². The summed E-state index contributed by atoms with van der Waals surface area (Å²) < 4.78 is 7.38. The Morgan fingerprint density at radius 3 is 2.83 bits per heavy atom. The Bertz CT molecular complexity index is 618. The highest BCUT2D eigenvalue weighted by molar-refractivity contribution is 9.10. The molecule has 0 aliphatic carbocycles. The van der Waals surface area contributed by atoms with Crippen LogP contribution in [0, 0.1) is 11.3 Å². The molecule has 0 radical (unpaired) electrons. The molecule has 0 spiro atoms. The number of hydrogen-bond acceptors (Lipinski definition) is 3. The van der Waals surface area contributed by atoms with Gasteiger partial charge in [0.1, 0.15) is 17.3 Å². The van der Waals surface area contributed by atoms with Gasteiger partial charge in [-0.3, -0.25) is 0 Å². The largest absolute Gasteiger partial charge is 0.378 e. The van der Waals surface area contributed by atoms with E-state index in [1.165, 1.54) is 4.68 Å². The molecule has 2 aromatic rings. The maximum absolute atomic E-state index is 9.10. The van der Waals surface area contributed by atoms with Gasteiger partial charge in [-0.1, -0.05) is 23.7 Å². The van der Waals surface area contributed by atoms with Gasteiger partial charge in [0.05, 0.1) is 12.3 Å². The molecule has 2 rings (SSSR count). The van der Waals surface area contributed by atoms with E-state index in [1.54, 1.807) is 7.11 Å². The smallest absolute Gasteiger partial charge is 0.151 e. The van der Waals surface area contributed by atoms with Crippen LogP contribution < -0.4 is 0 Å². The van der Waals surface area contributed by atoms with Crippen LogP contribution in [0.5, 0.6) is 0 Å². The van der Waals surface area contributed by atoms with Crippen molar-refractivity contribution in [2.24, 2.45) is 0 Å². The molecule has 1 aromatic carbocycles. The number of ether oxygens (including phenoxy) is 1. The van der Waals surface area contributed by atoms with Crippen molar-refractivity contribution in [3.05, 3.63) is 45.1 Å². The van der Waals surface area contributed by atoms with Gasteiger partial charge in [-0.2, -0.15) is 10.4 Å². The fourth-order valence-electron chi connectivity index (χ4n) is 1.57. The minimum atomic E-state index is 0.250. The molecule has 1 aromatic heterocycles. The Kier molecular flexibility index (Phi) is 4.02. The van der Waals surface area contributed by atoms with Gasteiger partial charge in [-0.25, -0.2) is 4.68 Å². The van der Waals surface area contributed by atoms with E-state index >= 15 is 0 Å². The average Bonchev–Trinajstić information content (AvgIpc) is 2.67. The number of halogens is 2. The summed E-state index contributed by atoms with van der Waals surface area (Å²) in [6, 6.07) is 9.56. The summed E-state index contributed by atoms with van der Waals surface area (Å²) in [4.78, 5) is 0. The van der Waals surface area contributed by atoms with Crippen molar-refractivity contribution < 1.29 is 4.74 Å². The van der Waals surface area contributed by atoms with Crippen LogP contribution in [0.25, 0.3) is 5.69 Å². The molecule has 18 heavy (non-hydrogen) atoms. The van der Waals surface area contributed by atoms with Gasteiger partial charge in [0.25, 0.3) is 0 Å². The van der Waals surface area contributed by atoms with Crippen LogP contribution in [0.1, 0.15) is 11.3 Å². The third-order valence-electron chi connectivity index (χ3n) is 2.38. The van der Waals surface area contributed by atoms with Crippen LogP contribution in [-0.4, -0.2) is 16.9 Å². The molecule has 0 amide bonds. The molecule has 92 valence electrons. The molecule has 0 atom stereocenters. The van der Waals surface area contributed by atoms with Crippen LogP contribution >= 0.6 is 27.5 Å². The van der Waals surface area contributed by atoms with E-state index in [9.17, 15) is 0 Å². The monoisotopic (exact) mass is 325 g/mol. The number of nitrogens with zero attached hydrogens (tertiary/aromatic N) is 3. The highest BCUT2D eigenvalue weighted by atomic mass is 79.9. The fraction of sp³-hybridized carbons (Fsp3) is 0.167. The lowest BCUT2D eigenvalue weighted by molar-refractivity contribution is 0.181. The first-order valence-corrected chi connectivity index (χ1v) is 6.27. The molecule has 0 fully saturated rings. The Morgan fingerprint density at radius 1 is 1.50 bits per heavy atom. The lowest BCUT2D eigenvalue weighted by Crippen LogP contribution is -1.98. The summed E-state index contributed by atoms with van der Waals surface area (Å²) in [7, 11) is 1.55. The van der Waals surface area contributed by atoms with E-state index in [0.29, 0.717) is 11.3 Å². The Labute approximate surface area is 118 Å². The zero-order chi connectivity index (χ0) is 13.1. The number of para-hydroxylation sites is 1. The minimum Gasteiger partial charge on any atom is -0.378 e. The second kappa shape index (κ2) is 5.53. The van der Waals surface area contributed by atoms with E-state index in [-0.39, 0.29) is 11.8 Å². The van der Waals surface area contributed by atoms with Gasteiger partial charge >= 0.3 is 0 Å². The summed E-state index contributed by atoms with van der Waals surface area (Å²) >= 11 is 9.60. The number of hydrogen-bond donors (Lipinski definition) is 0. The number of aromatic nitrogens is 2. The van der Waals surface area contributed by atoms with Gasteiger partial charge in [-0.15, -0.1) is 0 Å². The molecule has 6 heteroatoms. The van der Waals surface area contributed by atoms with Gasteiger partial charge in [-0.05, 0) is 28.1 Å². The molecule has 1 heterocycles. The van der Waals surface area contributed by atoms with Gasteiger partial charge in [0, 0.05) is 11.6 Å². The van der Waals surface area contributed by atoms with Gasteiger partial charge < -0.3 is 4.74 Å². The van der Waals surface area contributed by atoms with Crippen molar-refractivity contribution in [2.75, 3.05) is 7.11 Å². The van der Waals surface area contributed by atoms with Crippen molar-refractivity contribution in [1.29, 1.82) is 5.26 Å². The molecule has 0 aliphatic heterocycles. The Morgan fingerprint density at radius 2 is 2.22 bits per heavy atom. The highest BCUT2D eigenvalue weighted by Gasteiger charge is 2.18. The summed E-state index contributed by atoms with van der Waals surface area (Å²) in [5, 5.41) is 13.7. The zero-order valence-corrected chi connectivity index (χ0v) is 11.9. The first kappa shape index (κ1) is 13.1. The summed E-state index contributed by atoms with van der Waals surface area (Å²) in [5.41, 5.74) is 1.65. The SMILES string of the molecule is COCc1nn(-c2ccccc2Br)c(Cl)c1C#N. The number of methoxy groups -OCH3 is 1. The van der Waals surface area contributed by atoms with Crippen LogP contribution in [-0.2, 0) is 11.3 Å². The average molecular weight is 327 g/mol. The van der Waals surface area contributed by atoms with Crippen molar-refractivity contribution >= 4 is 27.5 Å².